The smallest absolute Gasteiger partial charge is 0.243 e. The molecule has 1 aliphatic rings. The lowest BCUT2D eigenvalue weighted by Crippen LogP contribution is -2.48. The summed E-state index contributed by atoms with van der Waals surface area (Å²) in [5.74, 6) is -0.313. The average Bonchev–Trinajstić information content (AvgIpc) is 2.45. The molecule has 2 atom stereocenters. The molecular weight excluding hydrogens is 332 g/mol. The molecule has 2 unspecified atom stereocenters. The van der Waals surface area contributed by atoms with Gasteiger partial charge in [0.1, 0.15) is 0 Å². The Morgan fingerprint density at radius 3 is 2.17 bits per heavy atom. The topological polar surface area (TPSA) is 149 Å². The molecule has 24 heavy (non-hydrogen) atoms. The van der Waals surface area contributed by atoms with Crippen LogP contribution in [0.25, 0.3) is 0 Å². The van der Waals surface area contributed by atoms with E-state index in [-0.39, 0.29) is 29.0 Å². The van der Waals surface area contributed by atoms with Crippen molar-refractivity contribution in [3.05, 3.63) is 24.3 Å². The number of nitrogens with two attached hydrogens (primary N) is 3. The van der Waals surface area contributed by atoms with Gasteiger partial charge >= 0.3 is 0 Å². The molecule has 1 aromatic rings. The van der Waals surface area contributed by atoms with Crippen LogP contribution in [0.4, 0.5) is 5.69 Å². The molecule has 0 aliphatic carbocycles. The fourth-order valence-electron chi connectivity index (χ4n) is 2.46. The second-order valence-corrected chi connectivity index (χ2v) is 7.52. The molecule has 132 valence electrons. The number of nitrogens with zero attached hydrogens (tertiary/aromatic N) is 3. The number of ether oxygens (including phenoxy) is 1. The van der Waals surface area contributed by atoms with Gasteiger partial charge in [-0.1, -0.05) is 0 Å². The van der Waals surface area contributed by atoms with Crippen molar-refractivity contribution in [1.29, 1.82) is 0 Å². The summed E-state index contributed by atoms with van der Waals surface area (Å²) >= 11 is 0. The number of benzene rings is 1. The maximum absolute atomic E-state index is 12.7. The molecule has 1 aliphatic heterocycles. The maximum atomic E-state index is 12.7. The number of sulfonamides is 1. The summed E-state index contributed by atoms with van der Waals surface area (Å²) in [4.78, 5) is 7.75. The van der Waals surface area contributed by atoms with Crippen molar-refractivity contribution in [3.8, 4) is 0 Å². The van der Waals surface area contributed by atoms with E-state index in [4.69, 9.17) is 21.9 Å². The van der Waals surface area contributed by atoms with Crippen molar-refractivity contribution < 1.29 is 13.2 Å². The molecule has 9 nitrogen and oxygen atoms in total. The third kappa shape index (κ3) is 4.43. The van der Waals surface area contributed by atoms with Crippen LogP contribution in [0.5, 0.6) is 0 Å². The van der Waals surface area contributed by atoms with Crippen LogP contribution in [-0.4, -0.2) is 49.9 Å². The highest BCUT2D eigenvalue weighted by Gasteiger charge is 2.32. The molecule has 10 heteroatoms. The predicted molar refractivity (Wildman–Crippen MR) is 92.3 cm³/mol. The normalized spacial score (nSPS) is 23.0. The fraction of sp³-hybridized carbons (Fsp3) is 0.429. The summed E-state index contributed by atoms with van der Waals surface area (Å²) in [6.45, 7) is 4.35. The van der Waals surface area contributed by atoms with Gasteiger partial charge in [-0.15, -0.1) is 0 Å². The van der Waals surface area contributed by atoms with E-state index in [1.807, 2.05) is 13.8 Å². The number of hydrogen-bond acceptors (Lipinski definition) is 4. The Labute approximate surface area is 141 Å². The van der Waals surface area contributed by atoms with E-state index in [9.17, 15) is 8.42 Å². The van der Waals surface area contributed by atoms with Crippen molar-refractivity contribution >= 4 is 27.6 Å². The number of rotatable bonds is 3. The zero-order chi connectivity index (χ0) is 17.9. The molecule has 0 amide bonds. The van der Waals surface area contributed by atoms with Crippen molar-refractivity contribution in [2.45, 2.75) is 31.0 Å². The molecular formula is C14H22N6O3S. The fourth-order valence-corrected chi connectivity index (χ4v) is 4.05. The minimum atomic E-state index is -3.59. The molecule has 1 heterocycles. The van der Waals surface area contributed by atoms with Gasteiger partial charge in [0.25, 0.3) is 0 Å². The SMILES string of the molecule is CC1CN(S(=O)(=O)c2ccc(N=C(N)N=C(N)N)cc2)CC(C)O1. The highest BCUT2D eigenvalue weighted by molar-refractivity contribution is 7.89. The summed E-state index contributed by atoms with van der Waals surface area (Å²) in [5, 5.41) is 0. The second kappa shape index (κ2) is 7.16. The Balaban J connectivity index is 2.22. The highest BCUT2D eigenvalue weighted by atomic mass is 32.2. The van der Waals surface area contributed by atoms with Gasteiger partial charge in [-0.25, -0.2) is 13.4 Å². The zero-order valence-corrected chi connectivity index (χ0v) is 14.4. The molecule has 0 spiro atoms. The minimum Gasteiger partial charge on any atom is -0.373 e. The van der Waals surface area contributed by atoms with E-state index >= 15 is 0 Å². The molecule has 6 N–H and O–H groups in total. The lowest BCUT2D eigenvalue weighted by molar-refractivity contribution is -0.0440. The van der Waals surface area contributed by atoms with Crippen LogP contribution in [0, 0.1) is 0 Å². The lowest BCUT2D eigenvalue weighted by Gasteiger charge is -2.34. The van der Waals surface area contributed by atoms with Gasteiger partial charge in [-0.3, -0.25) is 0 Å². The first-order valence-electron chi connectivity index (χ1n) is 7.38. The molecule has 0 saturated carbocycles. The number of guanidine groups is 2. The van der Waals surface area contributed by atoms with Crippen LogP contribution < -0.4 is 17.2 Å². The Morgan fingerprint density at radius 2 is 1.67 bits per heavy atom. The standard InChI is InChI=1S/C14H22N6O3S/c1-9-7-20(8-10(2)23-9)24(21,22)12-5-3-11(4-6-12)18-14(17)19-13(15)16/h3-6,9-10H,7-8H2,1-2H3,(H6,15,16,17,18,19). The van der Waals surface area contributed by atoms with E-state index in [1.165, 1.54) is 28.6 Å². The first-order valence-corrected chi connectivity index (χ1v) is 8.82. The van der Waals surface area contributed by atoms with E-state index in [0.717, 1.165) is 0 Å². The Morgan fingerprint density at radius 1 is 1.12 bits per heavy atom. The van der Waals surface area contributed by atoms with Crippen LogP contribution in [0.3, 0.4) is 0 Å². The van der Waals surface area contributed by atoms with Crippen molar-refractivity contribution in [2.75, 3.05) is 13.1 Å². The minimum absolute atomic E-state index is 0.110. The molecule has 0 aromatic heterocycles. The summed E-state index contributed by atoms with van der Waals surface area (Å²) in [6, 6.07) is 6.02. The second-order valence-electron chi connectivity index (χ2n) is 5.58. The van der Waals surface area contributed by atoms with Gasteiger partial charge in [0.05, 0.1) is 22.8 Å². The first kappa shape index (κ1) is 18.2. The summed E-state index contributed by atoms with van der Waals surface area (Å²) in [7, 11) is -3.59. The van der Waals surface area contributed by atoms with Gasteiger partial charge in [0, 0.05) is 13.1 Å². The number of hydrogen-bond donors (Lipinski definition) is 3. The Hall–Kier alpha value is -2.17. The van der Waals surface area contributed by atoms with E-state index < -0.39 is 10.0 Å². The van der Waals surface area contributed by atoms with Gasteiger partial charge in [0.15, 0.2) is 5.96 Å². The van der Waals surface area contributed by atoms with Crippen LogP contribution in [0.15, 0.2) is 39.1 Å². The van der Waals surface area contributed by atoms with Crippen LogP contribution >= 0.6 is 0 Å². The Bertz CT molecular complexity index is 730. The summed E-state index contributed by atoms with van der Waals surface area (Å²) in [6.07, 6.45) is -0.293. The molecule has 1 fully saturated rings. The quantitative estimate of drug-likeness (QED) is 0.501. The predicted octanol–water partition coefficient (Wildman–Crippen LogP) is -0.296. The third-order valence-corrected chi connectivity index (χ3v) is 5.19. The lowest BCUT2D eigenvalue weighted by atomic mass is 10.3. The monoisotopic (exact) mass is 354 g/mol. The molecule has 2 rings (SSSR count). The average molecular weight is 354 g/mol. The molecule has 1 saturated heterocycles. The van der Waals surface area contributed by atoms with Gasteiger partial charge in [-0.05, 0) is 38.1 Å². The molecule has 1 aromatic carbocycles. The highest BCUT2D eigenvalue weighted by Crippen LogP contribution is 2.23. The van der Waals surface area contributed by atoms with Crippen molar-refractivity contribution in [3.63, 3.8) is 0 Å². The van der Waals surface area contributed by atoms with Crippen LogP contribution in [0.1, 0.15) is 13.8 Å². The maximum Gasteiger partial charge on any atom is 0.243 e. The van der Waals surface area contributed by atoms with E-state index in [2.05, 4.69) is 9.98 Å². The number of aliphatic imine (C=N–C) groups is 2. The number of morpholine rings is 1. The largest absolute Gasteiger partial charge is 0.373 e. The van der Waals surface area contributed by atoms with Crippen molar-refractivity contribution in [1.82, 2.24) is 4.31 Å². The summed E-state index contributed by atoms with van der Waals surface area (Å²) < 4.78 is 32.4. The molecule has 0 bridgehead atoms. The van der Waals surface area contributed by atoms with Crippen LogP contribution in [-0.2, 0) is 14.8 Å². The van der Waals surface area contributed by atoms with E-state index in [0.29, 0.717) is 18.8 Å². The van der Waals surface area contributed by atoms with Crippen LogP contribution in [0.2, 0.25) is 0 Å². The third-order valence-electron chi connectivity index (χ3n) is 3.35. The zero-order valence-electron chi connectivity index (χ0n) is 13.6. The molecule has 0 radical (unpaired) electrons. The van der Waals surface area contributed by atoms with Gasteiger partial charge in [0.2, 0.25) is 16.0 Å². The first-order chi connectivity index (χ1) is 11.2. The summed E-state index contributed by atoms with van der Waals surface area (Å²) in [5.41, 5.74) is 16.4. The van der Waals surface area contributed by atoms with Gasteiger partial charge < -0.3 is 21.9 Å². The van der Waals surface area contributed by atoms with Gasteiger partial charge in [-0.2, -0.15) is 9.30 Å². The van der Waals surface area contributed by atoms with E-state index in [1.54, 1.807) is 0 Å². The Kier molecular flexibility index (Phi) is 5.42. The van der Waals surface area contributed by atoms with Crippen molar-refractivity contribution in [2.24, 2.45) is 27.2 Å².